The van der Waals surface area contributed by atoms with Crippen molar-refractivity contribution < 1.29 is 0 Å². The minimum atomic E-state index is 0.669. The van der Waals surface area contributed by atoms with Crippen LogP contribution in [0.25, 0.3) is 16.9 Å². The van der Waals surface area contributed by atoms with E-state index in [9.17, 15) is 0 Å². The maximum atomic E-state index is 6.13. The molecular weight excluding hydrogens is 320 g/mol. The molecule has 5 heteroatoms. The van der Waals surface area contributed by atoms with Crippen molar-refractivity contribution in [1.29, 1.82) is 0 Å². The first-order chi connectivity index (χ1) is 11.5. The maximum Gasteiger partial charge on any atom is 0.157 e. The van der Waals surface area contributed by atoms with Gasteiger partial charge in [0.25, 0.3) is 0 Å². The SMILES string of the molecule is Cc1ccc(-c2cc(/N=C/N(C)C)n(-c3cccc(Cl)c3)n2)cc1. The predicted molar refractivity (Wildman–Crippen MR) is 101 cm³/mol. The fourth-order valence-corrected chi connectivity index (χ4v) is 2.49. The molecule has 24 heavy (non-hydrogen) atoms. The third kappa shape index (κ3) is 3.66. The van der Waals surface area contributed by atoms with E-state index >= 15 is 0 Å². The molecule has 0 amide bonds. The van der Waals surface area contributed by atoms with Crippen molar-refractivity contribution in [3.8, 4) is 16.9 Å². The molecular formula is C19H19ClN4. The summed E-state index contributed by atoms with van der Waals surface area (Å²) in [6.07, 6.45) is 1.76. The third-order valence-electron chi connectivity index (χ3n) is 3.51. The molecule has 0 aliphatic heterocycles. The second-order valence-corrected chi connectivity index (χ2v) is 6.29. The number of aryl methyl sites for hydroxylation is 1. The Kier molecular flexibility index (Phi) is 4.67. The average molecular weight is 339 g/mol. The van der Waals surface area contributed by atoms with E-state index in [1.807, 2.05) is 49.3 Å². The molecule has 0 unspecified atom stereocenters. The van der Waals surface area contributed by atoms with Crippen molar-refractivity contribution in [2.24, 2.45) is 4.99 Å². The van der Waals surface area contributed by atoms with Crippen molar-refractivity contribution in [2.75, 3.05) is 14.1 Å². The number of aromatic nitrogens is 2. The van der Waals surface area contributed by atoms with Crippen molar-refractivity contribution in [3.63, 3.8) is 0 Å². The molecule has 3 rings (SSSR count). The summed E-state index contributed by atoms with van der Waals surface area (Å²) < 4.78 is 1.81. The first-order valence-corrected chi connectivity index (χ1v) is 8.04. The molecule has 3 aromatic rings. The highest BCUT2D eigenvalue weighted by atomic mass is 35.5. The van der Waals surface area contributed by atoms with Crippen LogP contribution < -0.4 is 0 Å². The quantitative estimate of drug-likeness (QED) is 0.509. The van der Waals surface area contributed by atoms with E-state index in [4.69, 9.17) is 16.7 Å². The summed E-state index contributed by atoms with van der Waals surface area (Å²) in [5, 5.41) is 5.39. The zero-order chi connectivity index (χ0) is 17.1. The van der Waals surface area contributed by atoms with E-state index in [2.05, 4.69) is 36.2 Å². The summed E-state index contributed by atoms with van der Waals surface area (Å²) in [5.41, 5.74) is 4.04. The van der Waals surface area contributed by atoms with Gasteiger partial charge >= 0.3 is 0 Å². The lowest BCUT2D eigenvalue weighted by Crippen LogP contribution is -2.07. The molecule has 0 aliphatic carbocycles. The Morgan fingerprint density at radius 2 is 1.83 bits per heavy atom. The van der Waals surface area contributed by atoms with Gasteiger partial charge in [-0.1, -0.05) is 47.5 Å². The molecule has 1 aromatic heterocycles. The molecule has 0 bridgehead atoms. The predicted octanol–water partition coefficient (Wildman–Crippen LogP) is 4.72. The highest BCUT2D eigenvalue weighted by Gasteiger charge is 2.11. The Morgan fingerprint density at radius 1 is 1.08 bits per heavy atom. The van der Waals surface area contributed by atoms with Crippen LogP contribution >= 0.6 is 11.6 Å². The van der Waals surface area contributed by atoms with E-state index < -0.39 is 0 Å². The Morgan fingerprint density at radius 3 is 2.50 bits per heavy atom. The highest BCUT2D eigenvalue weighted by molar-refractivity contribution is 6.30. The highest BCUT2D eigenvalue weighted by Crippen LogP contribution is 2.27. The van der Waals surface area contributed by atoms with E-state index in [0.29, 0.717) is 5.02 Å². The second-order valence-electron chi connectivity index (χ2n) is 5.85. The van der Waals surface area contributed by atoms with Gasteiger partial charge in [0, 0.05) is 30.7 Å². The summed E-state index contributed by atoms with van der Waals surface area (Å²) >= 11 is 6.13. The van der Waals surface area contributed by atoms with Crippen LogP contribution in [-0.4, -0.2) is 35.1 Å². The van der Waals surface area contributed by atoms with E-state index in [1.54, 1.807) is 11.0 Å². The monoisotopic (exact) mass is 338 g/mol. The topological polar surface area (TPSA) is 33.4 Å². The fraction of sp³-hybridized carbons (Fsp3) is 0.158. The number of hydrogen-bond donors (Lipinski definition) is 0. The molecule has 0 N–H and O–H groups in total. The van der Waals surface area contributed by atoms with Crippen LogP contribution in [-0.2, 0) is 0 Å². The van der Waals surface area contributed by atoms with Gasteiger partial charge in [-0.2, -0.15) is 5.10 Å². The largest absolute Gasteiger partial charge is 0.369 e. The lowest BCUT2D eigenvalue weighted by Gasteiger charge is -2.06. The number of benzene rings is 2. The molecule has 122 valence electrons. The first-order valence-electron chi connectivity index (χ1n) is 7.66. The Balaban J connectivity index is 2.10. The Bertz CT molecular complexity index is 863. The van der Waals surface area contributed by atoms with E-state index in [0.717, 1.165) is 22.8 Å². The Labute approximate surface area is 147 Å². The van der Waals surface area contributed by atoms with Crippen LogP contribution in [0.3, 0.4) is 0 Å². The molecule has 0 radical (unpaired) electrons. The summed E-state index contributed by atoms with van der Waals surface area (Å²) in [4.78, 5) is 6.42. The molecule has 0 saturated heterocycles. The van der Waals surface area contributed by atoms with Gasteiger partial charge in [0.2, 0.25) is 0 Å². The number of hydrogen-bond acceptors (Lipinski definition) is 2. The number of aliphatic imine (C=N–C) groups is 1. The van der Waals surface area contributed by atoms with Gasteiger partial charge in [-0.3, -0.25) is 0 Å². The van der Waals surface area contributed by atoms with Crippen molar-refractivity contribution in [2.45, 2.75) is 6.92 Å². The lowest BCUT2D eigenvalue weighted by molar-refractivity contribution is 0.642. The molecule has 4 nitrogen and oxygen atoms in total. The van der Waals surface area contributed by atoms with Gasteiger partial charge in [-0.25, -0.2) is 9.67 Å². The molecule has 0 spiro atoms. The van der Waals surface area contributed by atoms with Crippen LogP contribution in [0.15, 0.2) is 59.6 Å². The van der Waals surface area contributed by atoms with Crippen LogP contribution in [0, 0.1) is 6.92 Å². The molecule has 1 heterocycles. The Hall–Kier alpha value is -2.59. The minimum absolute atomic E-state index is 0.669. The van der Waals surface area contributed by atoms with Crippen LogP contribution in [0.5, 0.6) is 0 Å². The van der Waals surface area contributed by atoms with Gasteiger partial charge < -0.3 is 4.90 Å². The number of halogens is 1. The van der Waals surface area contributed by atoms with Gasteiger partial charge in [0.05, 0.1) is 17.7 Å². The standard InChI is InChI=1S/C19H19ClN4/c1-14-7-9-15(10-8-14)18-12-19(21-13-23(2)3)24(22-18)17-6-4-5-16(20)11-17/h4-13H,1-3H3/b21-13+. The molecule has 2 aromatic carbocycles. The third-order valence-corrected chi connectivity index (χ3v) is 3.75. The normalized spacial score (nSPS) is 11.2. The van der Waals surface area contributed by atoms with Gasteiger partial charge in [0.15, 0.2) is 5.82 Å². The maximum absolute atomic E-state index is 6.13. The van der Waals surface area contributed by atoms with Gasteiger partial charge in [-0.15, -0.1) is 0 Å². The van der Waals surface area contributed by atoms with E-state index in [-0.39, 0.29) is 0 Å². The van der Waals surface area contributed by atoms with Crippen LogP contribution in [0.4, 0.5) is 5.82 Å². The van der Waals surface area contributed by atoms with Gasteiger partial charge in [-0.05, 0) is 25.1 Å². The summed E-state index contributed by atoms with van der Waals surface area (Å²) in [6, 6.07) is 17.9. The number of rotatable bonds is 4. The molecule has 0 aliphatic rings. The molecule has 0 atom stereocenters. The smallest absolute Gasteiger partial charge is 0.157 e. The van der Waals surface area contributed by atoms with Crippen molar-refractivity contribution in [1.82, 2.24) is 14.7 Å². The minimum Gasteiger partial charge on any atom is -0.369 e. The molecule has 0 saturated carbocycles. The van der Waals surface area contributed by atoms with Crippen LogP contribution in [0.1, 0.15) is 5.56 Å². The lowest BCUT2D eigenvalue weighted by atomic mass is 10.1. The summed E-state index contributed by atoms with van der Waals surface area (Å²) in [7, 11) is 3.87. The van der Waals surface area contributed by atoms with Crippen molar-refractivity contribution >= 4 is 23.8 Å². The van der Waals surface area contributed by atoms with Gasteiger partial charge in [0.1, 0.15) is 0 Å². The van der Waals surface area contributed by atoms with E-state index in [1.165, 1.54) is 5.56 Å². The summed E-state index contributed by atoms with van der Waals surface area (Å²) in [5.74, 6) is 0.751. The number of nitrogens with zero attached hydrogens (tertiary/aromatic N) is 4. The average Bonchev–Trinajstić information content (AvgIpc) is 2.98. The zero-order valence-electron chi connectivity index (χ0n) is 13.9. The second kappa shape index (κ2) is 6.89. The zero-order valence-corrected chi connectivity index (χ0v) is 14.7. The molecule has 0 fully saturated rings. The van der Waals surface area contributed by atoms with Crippen LogP contribution in [0.2, 0.25) is 5.02 Å². The van der Waals surface area contributed by atoms with Crippen molar-refractivity contribution in [3.05, 3.63) is 65.2 Å². The summed E-state index contributed by atoms with van der Waals surface area (Å²) in [6.45, 7) is 2.07. The fourth-order valence-electron chi connectivity index (χ4n) is 2.30. The first kappa shape index (κ1) is 16.3.